The Balaban J connectivity index is 1.16. The highest BCUT2D eigenvalue weighted by Crippen LogP contribution is 2.33. The predicted octanol–water partition coefficient (Wildman–Crippen LogP) is 9.73. The van der Waals surface area contributed by atoms with Gasteiger partial charge in [0, 0.05) is 52.6 Å². The molecule has 0 N–H and O–H groups in total. The maximum absolute atomic E-state index is 4.97. The van der Waals surface area contributed by atoms with Crippen molar-refractivity contribution in [1.29, 1.82) is 0 Å². The fourth-order valence-corrected chi connectivity index (χ4v) is 5.65. The summed E-state index contributed by atoms with van der Waals surface area (Å²) in [6.45, 7) is 0. The largest absolute Gasteiger partial charge is 0.264 e. The molecule has 8 rings (SSSR count). The van der Waals surface area contributed by atoms with Crippen molar-refractivity contribution in [2.75, 3.05) is 0 Å². The number of pyridine rings is 3. The zero-order chi connectivity index (χ0) is 32.1. The van der Waals surface area contributed by atoms with Crippen LogP contribution < -0.4 is 0 Å². The van der Waals surface area contributed by atoms with Crippen LogP contribution in [-0.2, 0) is 0 Å². The Bertz CT molecular complexity index is 2190. The molecule has 0 fully saturated rings. The third-order valence-corrected chi connectivity index (χ3v) is 8.11. The van der Waals surface area contributed by atoms with Crippen LogP contribution in [0.1, 0.15) is 0 Å². The van der Waals surface area contributed by atoms with Crippen molar-refractivity contribution in [3.05, 3.63) is 170 Å². The van der Waals surface area contributed by atoms with Gasteiger partial charge in [-0.25, -0.2) is 19.9 Å². The molecule has 4 aromatic carbocycles. The molecule has 0 spiro atoms. The van der Waals surface area contributed by atoms with Crippen LogP contribution in [0.25, 0.3) is 78.9 Å². The van der Waals surface area contributed by atoms with Crippen molar-refractivity contribution in [3.63, 3.8) is 0 Å². The summed E-state index contributed by atoms with van der Waals surface area (Å²) in [4.78, 5) is 28.2. The molecule has 0 aliphatic heterocycles. The van der Waals surface area contributed by atoms with Crippen molar-refractivity contribution < 1.29 is 0 Å². The topological polar surface area (TPSA) is 77.3 Å². The smallest absolute Gasteiger partial charge is 0.164 e. The second-order valence-electron chi connectivity index (χ2n) is 11.3. The summed E-state index contributed by atoms with van der Waals surface area (Å²) in [7, 11) is 0. The Hall–Kier alpha value is -6.66. The lowest BCUT2D eigenvalue weighted by atomic mass is 9.96. The van der Waals surface area contributed by atoms with E-state index in [1.165, 1.54) is 0 Å². The van der Waals surface area contributed by atoms with E-state index in [4.69, 9.17) is 19.9 Å². The van der Waals surface area contributed by atoms with E-state index in [1.54, 1.807) is 12.4 Å². The zero-order valence-electron chi connectivity index (χ0n) is 25.8. The lowest BCUT2D eigenvalue weighted by Gasteiger charge is -2.12. The van der Waals surface area contributed by atoms with Gasteiger partial charge in [0.25, 0.3) is 0 Å². The summed E-state index contributed by atoms with van der Waals surface area (Å²) in [5.74, 6) is 1.92. The quantitative estimate of drug-likeness (QED) is 0.177. The molecule has 0 saturated carbocycles. The van der Waals surface area contributed by atoms with Gasteiger partial charge in [0.1, 0.15) is 0 Å². The fourth-order valence-electron chi connectivity index (χ4n) is 5.65. The molecule has 6 heteroatoms. The van der Waals surface area contributed by atoms with E-state index in [0.717, 1.165) is 61.5 Å². The third-order valence-electron chi connectivity index (χ3n) is 8.11. The van der Waals surface area contributed by atoms with Gasteiger partial charge in [-0.15, -0.1) is 0 Å². The van der Waals surface area contributed by atoms with Crippen LogP contribution in [0.3, 0.4) is 0 Å². The summed E-state index contributed by atoms with van der Waals surface area (Å²) in [5, 5.41) is 0. The molecule has 0 saturated heterocycles. The first-order valence-corrected chi connectivity index (χ1v) is 15.7. The van der Waals surface area contributed by atoms with E-state index in [9.17, 15) is 0 Å². The molecule has 4 heterocycles. The minimum absolute atomic E-state index is 0.630. The molecule has 226 valence electrons. The fraction of sp³-hybridized carbons (Fsp3) is 0. The van der Waals surface area contributed by atoms with Crippen LogP contribution in [0.5, 0.6) is 0 Å². The Kier molecular flexibility index (Phi) is 7.79. The van der Waals surface area contributed by atoms with E-state index in [0.29, 0.717) is 17.5 Å². The molecule has 48 heavy (non-hydrogen) atoms. The molecule has 0 radical (unpaired) electrons. The van der Waals surface area contributed by atoms with E-state index in [-0.39, 0.29) is 0 Å². The van der Waals surface area contributed by atoms with Crippen molar-refractivity contribution in [3.8, 4) is 78.9 Å². The first-order valence-electron chi connectivity index (χ1n) is 15.7. The van der Waals surface area contributed by atoms with Gasteiger partial charge in [-0.1, -0.05) is 103 Å². The second kappa shape index (κ2) is 13.0. The normalized spacial score (nSPS) is 10.9. The first kappa shape index (κ1) is 28.8. The summed E-state index contributed by atoms with van der Waals surface area (Å²) in [6.07, 6.45) is 7.23. The van der Waals surface area contributed by atoms with Crippen LogP contribution in [0.2, 0.25) is 0 Å². The molecule has 0 atom stereocenters. The van der Waals surface area contributed by atoms with Gasteiger partial charge < -0.3 is 0 Å². The number of hydrogen-bond acceptors (Lipinski definition) is 6. The maximum Gasteiger partial charge on any atom is 0.164 e. The van der Waals surface area contributed by atoms with E-state index in [1.807, 2.05) is 97.3 Å². The molecule has 4 aromatic heterocycles. The van der Waals surface area contributed by atoms with Crippen molar-refractivity contribution in [2.24, 2.45) is 0 Å². The number of hydrogen-bond donors (Lipinski definition) is 0. The highest BCUT2D eigenvalue weighted by Gasteiger charge is 2.13. The summed E-state index contributed by atoms with van der Waals surface area (Å²) in [5.41, 5.74) is 10.8. The van der Waals surface area contributed by atoms with Gasteiger partial charge in [-0.2, -0.15) is 0 Å². The van der Waals surface area contributed by atoms with Crippen molar-refractivity contribution in [1.82, 2.24) is 29.9 Å². The molecular formula is C42H28N6. The lowest BCUT2D eigenvalue weighted by molar-refractivity contribution is 1.07. The Morgan fingerprint density at radius 2 is 0.688 bits per heavy atom. The first-order chi connectivity index (χ1) is 23.8. The van der Waals surface area contributed by atoms with Crippen molar-refractivity contribution >= 4 is 0 Å². The van der Waals surface area contributed by atoms with Crippen LogP contribution in [0, 0.1) is 0 Å². The highest BCUT2D eigenvalue weighted by atomic mass is 15.0. The van der Waals surface area contributed by atoms with Gasteiger partial charge in [0.15, 0.2) is 17.5 Å². The molecule has 6 nitrogen and oxygen atoms in total. The highest BCUT2D eigenvalue weighted by molar-refractivity contribution is 5.79. The molecule has 0 amide bonds. The number of benzene rings is 4. The van der Waals surface area contributed by atoms with Gasteiger partial charge in [0.05, 0.1) is 11.4 Å². The third kappa shape index (κ3) is 6.10. The van der Waals surface area contributed by atoms with Crippen LogP contribution in [0.15, 0.2) is 170 Å². The molecule has 0 unspecified atom stereocenters. The van der Waals surface area contributed by atoms with E-state index in [2.05, 4.69) is 70.6 Å². The summed E-state index contributed by atoms with van der Waals surface area (Å²) in [6, 6.07) is 49.2. The van der Waals surface area contributed by atoms with Crippen LogP contribution in [0.4, 0.5) is 0 Å². The van der Waals surface area contributed by atoms with E-state index >= 15 is 0 Å². The Labute approximate surface area is 278 Å². The number of nitrogens with zero attached hydrogens (tertiary/aromatic N) is 6. The molecule has 0 aliphatic rings. The van der Waals surface area contributed by atoms with Crippen LogP contribution >= 0.6 is 0 Å². The molecule has 8 aromatic rings. The zero-order valence-corrected chi connectivity index (χ0v) is 25.8. The van der Waals surface area contributed by atoms with Gasteiger partial charge in [0.2, 0.25) is 0 Å². The molecule has 0 aliphatic carbocycles. The average Bonchev–Trinajstić information content (AvgIpc) is 3.19. The standard InChI is InChI=1S/C42H28N6/c1-3-10-30(11-4-1)40-46-41(31-12-5-2-6-13-31)48-42(47-40)32-20-18-29(19-21-32)33-14-7-15-34(24-33)37-25-38(35-16-8-22-43-27-35)45-39(26-37)36-17-9-23-44-28-36/h1-28H. The Morgan fingerprint density at radius 3 is 1.17 bits per heavy atom. The Morgan fingerprint density at radius 1 is 0.271 bits per heavy atom. The van der Waals surface area contributed by atoms with Gasteiger partial charge in [-0.3, -0.25) is 9.97 Å². The summed E-state index contributed by atoms with van der Waals surface area (Å²) >= 11 is 0. The maximum atomic E-state index is 4.97. The van der Waals surface area contributed by atoms with Crippen LogP contribution in [-0.4, -0.2) is 29.9 Å². The number of aromatic nitrogens is 6. The minimum Gasteiger partial charge on any atom is -0.264 e. The van der Waals surface area contributed by atoms with Gasteiger partial charge >= 0.3 is 0 Å². The van der Waals surface area contributed by atoms with E-state index < -0.39 is 0 Å². The minimum atomic E-state index is 0.630. The number of rotatable bonds is 7. The molecule has 0 bridgehead atoms. The monoisotopic (exact) mass is 616 g/mol. The SMILES string of the molecule is c1ccc(-c2nc(-c3ccccc3)nc(-c3ccc(-c4cccc(-c5cc(-c6cccnc6)nc(-c6cccnc6)c5)c4)cc3)n2)cc1. The van der Waals surface area contributed by atoms with Crippen molar-refractivity contribution in [2.45, 2.75) is 0 Å². The average molecular weight is 617 g/mol. The van der Waals surface area contributed by atoms with Gasteiger partial charge in [-0.05, 0) is 64.7 Å². The predicted molar refractivity (Wildman–Crippen MR) is 191 cm³/mol. The lowest BCUT2D eigenvalue weighted by Crippen LogP contribution is -2.00. The summed E-state index contributed by atoms with van der Waals surface area (Å²) < 4.78 is 0. The second-order valence-corrected chi connectivity index (χ2v) is 11.3. The molecular weight excluding hydrogens is 589 g/mol.